The summed E-state index contributed by atoms with van der Waals surface area (Å²) in [6.07, 6.45) is 0.152. The average Bonchev–Trinajstić information content (AvgIpc) is 3.03. The molecular formula is C37H42FN3O4S. The number of nitrogens with one attached hydrogen (secondary N) is 1. The molecule has 0 aliphatic heterocycles. The number of rotatable bonds is 13. The highest BCUT2D eigenvalue weighted by atomic mass is 32.2. The zero-order chi connectivity index (χ0) is 33.4. The van der Waals surface area contributed by atoms with Gasteiger partial charge in [-0.3, -0.25) is 13.9 Å². The van der Waals surface area contributed by atoms with E-state index in [1.807, 2.05) is 71.0 Å². The first kappa shape index (κ1) is 34.4. The molecule has 0 radical (unpaired) electrons. The first-order valence-electron chi connectivity index (χ1n) is 15.4. The molecule has 242 valence electrons. The van der Waals surface area contributed by atoms with Gasteiger partial charge in [-0.05, 0) is 67.6 Å². The molecule has 0 bridgehead atoms. The zero-order valence-electron chi connectivity index (χ0n) is 27.0. The fourth-order valence-electron chi connectivity index (χ4n) is 5.14. The Kier molecular flexibility index (Phi) is 11.4. The van der Waals surface area contributed by atoms with Crippen LogP contribution in [0.25, 0.3) is 0 Å². The molecule has 0 aliphatic carbocycles. The fraction of sp³-hybridized carbons (Fsp3) is 0.297. The molecule has 1 N–H and O–H groups in total. The Morgan fingerprint density at radius 1 is 0.826 bits per heavy atom. The van der Waals surface area contributed by atoms with Crippen molar-refractivity contribution in [2.45, 2.75) is 58.5 Å². The number of carbonyl (C=O) groups is 2. The van der Waals surface area contributed by atoms with Crippen molar-refractivity contribution in [2.75, 3.05) is 17.4 Å². The van der Waals surface area contributed by atoms with E-state index >= 15 is 4.39 Å². The van der Waals surface area contributed by atoms with Gasteiger partial charge in [-0.25, -0.2) is 12.8 Å². The minimum atomic E-state index is -4.23. The highest BCUT2D eigenvalue weighted by Crippen LogP contribution is 2.29. The third kappa shape index (κ3) is 8.40. The first-order valence-corrected chi connectivity index (χ1v) is 16.8. The minimum absolute atomic E-state index is 0.0305. The number of aryl methyl sites for hydroxylation is 2. The molecule has 4 aromatic carbocycles. The summed E-state index contributed by atoms with van der Waals surface area (Å²) in [5, 5.41) is 2.94. The highest BCUT2D eigenvalue weighted by molar-refractivity contribution is 7.92. The Bertz CT molecular complexity index is 1760. The van der Waals surface area contributed by atoms with Crippen molar-refractivity contribution in [2.24, 2.45) is 5.92 Å². The van der Waals surface area contributed by atoms with E-state index in [-0.39, 0.29) is 29.3 Å². The number of nitrogens with zero attached hydrogens (tertiary/aromatic N) is 2. The predicted octanol–water partition coefficient (Wildman–Crippen LogP) is 6.36. The standard InChI is InChI=1S/C37H42FN3O4S/c1-26(2)23-39-37(43)35(22-30-13-7-6-8-14-30)40(24-31-15-9-10-16-33(31)38)36(42)25-41(34-17-11-12-28(4)29(34)5)46(44,45)32-20-18-27(3)19-21-32/h6-21,26,35H,22-25H2,1-5H3,(H,39,43)/t35-/m1/s1. The SMILES string of the molecule is Cc1ccc(S(=O)(=O)N(CC(=O)N(Cc2ccccc2F)[C@H](Cc2ccccc2)C(=O)NCC(C)C)c2cccc(C)c2C)cc1. The summed E-state index contributed by atoms with van der Waals surface area (Å²) in [5.74, 6) is -1.42. The quantitative estimate of drug-likeness (QED) is 0.184. The van der Waals surface area contributed by atoms with E-state index in [0.717, 1.165) is 21.0 Å². The number of hydrogen-bond donors (Lipinski definition) is 1. The molecule has 0 saturated carbocycles. The van der Waals surface area contributed by atoms with Crippen molar-refractivity contribution in [3.05, 3.63) is 131 Å². The number of halogens is 1. The Balaban J connectivity index is 1.84. The van der Waals surface area contributed by atoms with Crippen LogP contribution in [0.3, 0.4) is 0 Å². The van der Waals surface area contributed by atoms with Gasteiger partial charge in [-0.2, -0.15) is 0 Å². The van der Waals surface area contributed by atoms with Gasteiger partial charge < -0.3 is 10.2 Å². The maximum atomic E-state index is 15.1. The second-order valence-corrected chi connectivity index (χ2v) is 13.9. The second-order valence-electron chi connectivity index (χ2n) is 12.0. The van der Waals surface area contributed by atoms with Crippen LogP contribution in [0.1, 0.15) is 41.7 Å². The zero-order valence-corrected chi connectivity index (χ0v) is 27.9. The highest BCUT2D eigenvalue weighted by Gasteiger charge is 2.35. The molecule has 7 nitrogen and oxygen atoms in total. The van der Waals surface area contributed by atoms with Gasteiger partial charge in [0.2, 0.25) is 11.8 Å². The van der Waals surface area contributed by atoms with E-state index in [0.29, 0.717) is 17.8 Å². The van der Waals surface area contributed by atoms with Gasteiger partial charge in [0.05, 0.1) is 10.6 Å². The third-order valence-corrected chi connectivity index (χ3v) is 9.76. The van der Waals surface area contributed by atoms with Crippen molar-refractivity contribution >= 4 is 27.5 Å². The van der Waals surface area contributed by atoms with Crippen molar-refractivity contribution in [3.8, 4) is 0 Å². The Morgan fingerprint density at radius 3 is 2.13 bits per heavy atom. The lowest BCUT2D eigenvalue weighted by Crippen LogP contribution is -2.54. The van der Waals surface area contributed by atoms with Crippen LogP contribution in [0.15, 0.2) is 102 Å². The summed E-state index contributed by atoms with van der Waals surface area (Å²) in [7, 11) is -4.23. The topological polar surface area (TPSA) is 86.8 Å². The molecule has 0 aromatic heterocycles. The Hall–Kier alpha value is -4.50. The van der Waals surface area contributed by atoms with Crippen LogP contribution in [0, 0.1) is 32.5 Å². The number of sulfonamides is 1. The lowest BCUT2D eigenvalue weighted by molar-refractivity contribution is -0.140. The fourth-order valence-corrected chi connectivity index (χ4v) is 6.61. The van der Waals surface area contributed by atoms with Crippen LogP contribution < -0.4 is 9.62 Å². The van der Waals surface area contributed by atoms with Crippen LogP contribution in [0.5, 0.6) is 0 Å². The number of anilines is 1. The van der Waals surface area contributed by atoms with Gasteiger partial charge in [-0.15, -0.1) is 0 Å². The summed E-state index contributed by atoms with van der Waals surface area (Å²) in [6, 6.07) is 26.0. The van der Waals surface area contributed by atoms with Gasteiger partial charge in [0.15, 0.2) is 0 Å². The number of benzene rings is 4. The molecule has 46 heavy (non-hydrogen) atoms. The molecule has 0 aliphatic rings. The first-order chi connectivity index (χ1) is 21.9. The Morgan fingerprint density at radius 2 is 1.48 bits per heavy atom. The summed E-state index contributed by atoms with van der Waals surface area (Å²) in [4.78, 5) is 29.7. The lowest BCUT2D eigenvalue weighted by atomic mass is 10.0. The molecule has 0 saturated heterocycles. The van der Waals surface area contributed by atoms with Crippen LogP contribution in [0.2, 0.25) is 0 Å². The average molecular weight is 644 g/mol. The summed E-state index contributed by atoms with van der Waals surface area (Å²) >= 11 is 0. The van der Waals surface area contributed by atoms with E-state index in [2.05, 4.69) is 5.32 Å². The maximum absolute atomic E-state index is 15.1. The van der Waals surface area contributed by atoms with Crippen molar-refractivity contribution in [3.63, 3.8) is 0 Å². The predicted molar refractivity (Wildman–Crippen MR) is 180 cm³/mol. The van der Waals surface area contributed by atoms with Gasteiger partial charge in [-0.1, -0.05) is 92.2 Å². The van der Waals surface area contributed by atoms with E-state index in [1.165, 1.54) is 23.1 Å². The van der Waals surface area contributed by atoms with E-state index in [9.17, 15) is 18.0 Å². The lowest BCUT2D eigenvalue weighted by Gasteiger charge is -2.34. The molecule has 0 spiro atoms. The summed E-state index contributed by atoms with van der Waals surface area (Å²) in [5.41, 5.74) is 3.81. The van der Waals surface area contributed by atoms with Gasteiger partial charge >= 0.3 is 0 Å². The van der Waals surface area contributed by atoms with Crippen LogP contribution in [-0.2, 0) is 32.6 Å². The second kappa shape index (κ2) is 15.2. The summed E-state index contributed by atoms with van der Waals surface area (Å²) < 4.78 is 44.7. The van der Waals surface area contributed by atoms with Crippen LogP contribution in [-0.4, -0.2) is 44.3 Å². The molecule has 4 rings (SSSR count). The molecule has 0 fully saturated rings. The largest absolute Gasteiger partial charge is 0.354 e. The molecular weight excluding hydrogens is 601 g/mol. The van der Waals surface area contributed by atoms with Gasteiger partial charge in [0.25, 0.3) is 10.0 Å². The van der Waals surface area contributed by atoms with Gasteiger partial charge in [0, 0.05) is 25.1 Å². The normalized spacial score (nSPS) is 12.1. The molecule has 9 heteroatoms. The number of carbonyl (C=O) groups excluding carboxylic acids is 2. The number of amides is 2. The minimum Gasteiger partial charge on any atom is -0.354 e. The van der Waals surface area contributed by atoms with E-state index in [1.54, 1.807) is 42.5 Å². The van der Waals surface area contributed by atoms with Gasteiger partial charge in [0.1, 0.15) is 18.4 Å². The molecule has 0 heterocycles. The van der Waals surface area contributed by atoms with E-state index in [4.69, 9.17) is 0 Å². The molecule has 1 atom stereocenters. The van der Waals surface area contributed by atoms with E-state index < -0.39 is 40.2 Å². The summed E-state index contributed by atoms with van der Waals surface area (Å²) in [6.45, 7) is 9.02. The maximum Gasteiger partial charge on any atom is 0.264 e. The molecule has 0 unspecified atom stereocenters. The molecule has 4 aromatic rings. The molecule has 2 amide bonds. The van der Waals surface area contributed by atoms with Crippen LogP contribution in [0.4, 0.5) is 10.1 Å². The Labute approximate surface area is 272 Å². The van der Waals surface area contributed by atoms with Crippen molar-refractivity contribution < 1.29 is 22.4 Å². The number of hydrogen-bond acceptors (Lipinski definition) is 4. The smallest absolute Gasteiger partial charge is 0.264 e. The van der Waals surface area contributed by atoms with Crippen molar-refractivity contribution in [1.82, 2.24) is 10.2 Å². The monoisotopic (exact) mass is 643 g/mol. The third-order valence-electron chi connectivity index (χ3n) is 7.99. The van der Waals surface area contributed by atoms with Crippen LogP contribution >= 0.6 is 0 Å². The van der Waals surface area contributed by atoms with Crippen molar-refractivity contribution in [1.29, 1.82) is 0 Å².